The van der Waals surface area contributed by atoms with Gasteiger partial charge in [0.05, 0.1) is 0 Å². The van der Waals surface area contributed by atoms with Gasteiger partial charge in [-0.1, -0.05) is 19.9 Å². The molecule has 0 spiro atoms. The van der Waals surface area contributed by atoms with E-state index in [4.69, 9.17) is 9.47 Å². The van der Waals surface area contributed by atoms with E-state index in [0.29, 0.717) is 36.9 Å². The van der Waals surface area contributed by atoms with Gasteiger partial charge in [-0.05, 0) is 54.6 Å². The molecule has 0 radical (unpaired) electrons. The van der Waals surface area contributed by atoms with Crippen molar-refractivity contribution in [1.82, 2.24) is 0 Å². The Morgan fingerprint density at radius 2 is 1.86 bits per heavy atom. The molecule has 0 aromatic rings. The minimum Gasteiger partial charge on any atom is -0.462 e. The molecule has 5 heteroatoms. The molecule has 0 saturated heterocycles. The molecule has 0 aliphatic heterocycles. The summed E-state index contributed by atoms with van der Waals surface area (Å²) in [4.78, 5) is 36.0. The van der Waals surface area contributed by atoms with E-state index in [1.807, 2.05) is 6.08 Å². The van der Waals surface area contributed by atoms with Crippen LogP contribution in [0.4, 0.5) is 0 Å². The molecule has 0 N–H and O–H groups in total. The lowest BCUT2D eigenvalue weighted by Gasteiger charge is -2.57. The first kappa shape index (κ1) is 19.4. The van der Waals surface area contributed by atoms with E-state index in [9.17, 15) is 14.4 Å². The van der Waals surface area contributed by atoms with Gasteiger partial charge in [0, 0.05) is 38.0 Å². The van der Waals surface area contributed by atoms with Gasteiger partial charge in [-0.3, -0.25) is 14.4 Å². The van der Waals surface area contributed by atoms with E-state index in [2.05, 4.69) is 19.9 Å². The third-order valence-corrected chi connectivity index (χ3v) is 7.95. The number of hydrogen-bond donors (Lipinski definition) is 0. The van der Waals surface area contributed by atoms with Crippen molar-refractivity contribution in [2.45, 2.75) is 72.3 Å². The van der Waals surface area contributed by atoms with E-state index in [1.165, 1.54) is 19.4 Å². The molecule has 3 unspecified atom stereocenters. The van der Waals surface area contributed by atoms with Gasteiger partial charge in [0.2, 0.25) is 0 Å². The molecule has 5 nitrogen and oxygen atoms in total. The van der Waals surface area contributed by atoms with Crippen LogP contribution in [0.25, 0.3) is 0 Å². The molecule has 6 atom stereocenters. The fourth-order valence-corrected chi connectivity index (χ4v) is 6.76. The Hall–Kier alpha value is -1.91. The standard InChI is InChI=1S/C23H30O5/c1-13(24)27-16-9-10-22(3)15(11-16)5-6-17-18-7-8-20(26)23(18,4)12-19(21(17)22)28-14(2)25/h5,11,17-19,21H,6-10,12H2,1-4H3/t17?,18?,19-,21?,22-,23-/m0/s1. The quantitative estimate of drug-likeness (QED) is 0.668. The molecular weight excluding hydrogens is 356 g/mol. The number of rotatable bonds is 2. The number of fused-ring (bicyclic) bond motifs is 5. The molecule has 28 heavy (non-hydrogen) atoms. The maximum Gasteiger partial charge on any atom is 0.307 e. The fraction of sp³-hybridized carbons (Fsp3) is 0.696. The van der Waals surface area contributed by atoms with E-state index in [-0.39, 0.29) is 34.8 Å². The van der Waals surface area contributed by atoms with Gasteiger partial charge in [0.25, 0.3) is 0 Å². The first-order valence-corrected chi connectivity index (χ1v) is 10.5. The summed E-state index contributed by atoms with van der Waals surface area (Å²) < 4.78 is 11.2. The Balaban J connectivity index is 1.74. The largest absolute Gasteiger partial charge is 0.462 e. The summed E-state index contributed by atoms with van der Waals surface area (Å²) in [5.41, 5.74) is 0.664. The maximum atomic E-state index is 12.7. The summed E-state index contributed by atoms with van der Waals surface area (Å²) in [7, 11) is 0. The highest BCUT2D eigenvalue weighted by atomic mass is 16.5. The number of ketones is 1. The SMILES string of the molecule is CC(=O)OC1=CC2=CCC3C([C@@H](OC(C)=O)C[C@]4(C)C(=O)CCC34)[C@@]2(C)CC1. The summed E-state index contributed by atoms with van der Waals surface area (Å²) in [5, 5.41) is 0. The van der Waals surface area contributed by atoms with Crippen LogP contribution in [0.5, 0.6) is 0 Å². The molecular formula is C23H30O5. The first-order chi connectivity index (χ1) is 13.1. The van der Waals surface area contributed by atoms with E-state index in [0.717, 1.165) is 25.0 Å². The van der Waals surface area contributed by atoms with Crippen molar-refractivity contribution in [1.29, 1.82) is 0 Å². The van der Waals surface area contributed by atoms with Gasteiger partial charge >= 0.3 is 11.9 Å². The average molecular weight is 386 g/mol. The van der Waals surface area contributed by atoms with Crippen LogP contribution < -0.4 is 0 Å². The Bertz CT molecular complexity index is 793. The fourth-order valence-electron chi connectivity index (χ4n) is 6.76. The van der Waals surface area contributed by atoms with Gasteiger partial charge in [0.15, 0.2) is 0 Å². The second-order valence-electron chi connectivity index (χ2n) is 9.54. The summed E-state index contributed by atoms with van der Waals surface area (Å²) >= 11 is 0. The Labute approximate surface area is 166 Å². The van der Waals surface area contributed by atoms with Crippen molar-refractivity contribution in [2.75, 3.05) is 0 Å². The second-order valence-corrected chi connectivity index (χ2v) is 9.54. The van der Waals surface area contributed by atoms with Crippen LogP contribution in [-0.4, -0.2) is 23.8 Å². The number of Topliss-reactive ketones (excluding diaryl/α,β-unsaturated/α-hetero) is 1. The number of carbonyl (C=O) groups is 3. The smallest absolute Gasteiger partial charge is 0.307 e. The molecule has 4 aliphatic carbocycles. The van der Waals surface area contributed by atoms with Gasteiger partial charge < -0.3 is 9.47 Å². The molecule has 4 aliphatic rings. The number of ether oxygens (including phenoxy) is 2. The van der Waals surface area contributed by atoms with Crippen LogP contribution in [-0.2, 0) is 23.9 Å². The first-order valence-electron chi connectivity index (χ1n) is 10.5. The predicted molar refractivity (Wildman–Crippen MR) is 103 cm³/mol. The minimum absolute atomic E-state index is 0.139. The molecule has 0 heterocycles. The Kier molecular flexibility index (Phi) is 4.55. The minimum atomic E-state index is -0.379. The highest BCUT2D eigenvalue weighted by Crippen LogP contribution is 2.64. The molecule has 2 saturated carbocycles. The molecule has 0 bridgehead atoms. The summed E-state index contributed by atoms with van der Waals surface area (Å²) in [6, 6.07) is 0. The number of carbonyl (C=O) groups excluding carboxylic acids is 3. The zero-order valence-corrected chi connectivity index (χ0v) is 17.2. The van der Waals surface area contributed by atoms with Crippen molar-refractivity contribution < 1.29 is 23.9 Å². The summed E-state index contributed by atoms with van der Waals surface area (Å²) in [5.74, 6) is 1.36. The van der Waals surface area contributed by atoms with Crippen LogP contribution >= 0.6 is 0 Å². The van der Waals surface area contributed by atoms with Crippen LogP contribution in [0.15, 0.2) is 23.5 Å². The van der Waals surface area contributed by atoms with Crippen LogP contribution in [0.3, 0.4) is 0 Å². The van der Waals surface area contributed by atoms with Gasteiger partial charge in [-0.25, -0.2) is 0 Å². The Morgan fingerprint density at radius 3 is 2.54 bits per heavy atom. The molecule has 152 valence electrons. The number of allylic oxidation sites excluding steroid dienone is 4. The van der Waals surface area contributed by atoms with Gasteiger partial charge in [-0.2, -0.15) is 0 Å². The zero-order valence-electron chi connectivity index (χ0n) is 17.2. The summed E-state index contributed by atoms with van der Waals surface area (Å²) in [6.07, 6.45) is 8.67. The van der Waals surface area contributed by atoms with Crippen LogP contribution in [0, 0.1) is 28.6 Å². The highest BCUT2D eigenvalue weighted by Gasteiger charge is 2.62. The zero-order chi connectivity index (χ0) is 20.3. The third kappa shape index (κ3) is 2.85. The van der Waals surface area contributed by atoms with E-state index in [1.54, 1.807) is 0 Å². The summed E-state index contributed by atoms with van der Waals surface area (Å²) in [6.45, 7) is 7.23. The maximum absolute atomic E-state index is 12.7. The van der Waals surface area contributed by atoms with Crippen molar-refractivity contribution in [3.63, 3.8) is 0 Å². The normalized spacial score (nSPS) is 41.8. The molecule has 4 rings (SSSR count). The molecule has 0 aromatic heterocycles. The second kappa shape index (κ2) is 6.57. The van der Waals surface area contributed by atoms with Crippen molar-refractivity contribution in [3.05, 3.63) is 23.5 Å². The van der Waals surface area contributed by atoms with Crippen molar-refractivity contribution >= 4 is 17.7 Å². The van der Waals surface area contributed by atoms with Crippen LogP contribution in [0.1, 0.15) is 66.2 Å². The molecule has 2 fully saturated rings. The monoisotopic (exact) mass is 386 g/mol. The van der Waals surface area contributed by atoms with Crippen molar-refractivity contribution in [3.8, 4) is 0 Å². The average Bonchev–Trinajstić information content (AvgIpc) is 2.89. The molecule has 0 aromatic carbocycles. The van der Waals surface area contributed by atoms with E-state index < -0.39 is 0 Å². The predicted octanol–water partition coefficient (Wildman–Crippen LogP) is 4.12. The van der Waals surface area contributed by atoms with Gasteiger partial charge in [-0.15, -0.1) is 0 Å². The molecule has 0 amide bonds. The van der Waals surface area contributed by atoms with Crippen molar-refractivity contribution in [2.24, 2.45) is 28.6 Å². The number of hydrogen-bond acceptors (Lipinski definition) is 5. The van der Waals surface area contributed by atoms with Gasteiger partial charge in [0.1, 0.15) is 17.6 Å². The lowest BCUT2D eigenvalue weighted by Crippen LogP contribution is -2.56. The lowest BCUT2D eigenvalue weighted by molar-refractivity contribution is -0.172. The number of esters is 2. The Morgan fingerprint density at radius 1 is 1.11 bits per heavy atom. The lowest BCUT2D eigenvalue weighted by atomic mass is 9.48. The third-order valence-electron chi connectivity index (χ3n) is 7.95. The van der Waals surface area contributed by atoms with E-state index >= 15 is 0 Å². The highest BCUT2D eigenvalue weighted by molar-refractivity contribution is 5.87. The van der Waals surface area contributed by atoms with Crippen LogP contribution in [0.2, 0.25) is 0 Å². The topological polar surface area (TPSA) is 69.7 Å².